The maximum atomic E-state index is 12.7. The molecule has 1 atom stereocenters. The first-order valence-electron chi connectivity index (χ1n) is 5.25. The van der Waals surface area contributed by atoms with E-state index in [1.807, 2.05) is 6.92 Å². The van der Waals surface area contributed by atoms with E-state index in [1.54, 1.807) is 7.05 Å². The fourth-order valence-electron chi connectivity index (χ4n) is 1.62. The Kier molecular flexibility index (Phi) is 4.60. The lowest BCUT2D eigenvalue weighted by Gasteiger charge is -2.19. The molecule has 1 aromatic rings. The van der Waals surface area contributed by atoms with Crippen LogP contribution in [0.3, 0.4) is 0 Å². The SMILES string of the molecule is CCc1nn(C)c(CC(NC)C(F)(F)F)c1Br. The second kappa shape index (κ2) is 5.39. The van der Waals surface area contributed by atoms with Gasteiger partial charge in [0.2, 0.25) is 0 Å². The van der Waals surface area contributed by atoms with Crippen LogP contribution in [0.1, 0.15) is 18.3 Å². The quantitative estimate of drug-likeness (QED) is 0.925. The third kappa shape index (κ3) is 3.22. The average Bonchev–Trinajstić information content (AvgIpc) is 2.49. The molecule has 0 spiro atoms. The minimum absolute atomic E-state index is 0.135. The highest BCUT2D eigenvalue weighted by Gasteiger charge is 2.39. The zero-order chi connectivity index (χ0) is 13.2. The maximum Gasteiger partial charge on any atom is 0.404 e. The Balaban J connectivity index is 2.98. The van der Waals surface area contributed by atoms with Crippen molar-refractivity contribution >= 4 is 15.9 Å². The van der Waals surface area contributed by atoms with Gasteiger partial charge >= 0.3 is 6.18 Å². The molecular formula is C10H15BrF3N3. The number of likely N-dealkylation sites (N-methyl/N-ethyl adjacent to an activating group) is 1. The summed E-state index contributed by atoms with van der Waals surface area (Å²) in [6.45, 7) is 1.91. The topological polar surface area (TPSA) is 29.9 Å². The smallest absolute Gasteiger partial charge is 0.309 e. The normalized spacial score (nSPS) is 14.1. The van der Waals surface area contributed by atoms with Crippen molar-refractivity contribution in [3.8, 4) is 0 Å². The largest absolute Gasteiger partial charge is 0.404 e. The van der Waals surface area contributed by atoms with Crippen molar-refractivity contribution in [2.24, 2.45) is 7.05 Å². The minimum Gasteiger partial charge on any atom is -0.309 e. The molecule has 0 bridgehead atoms. The number of alkyl halides is 3. The molecule has 1 N–H and O–H groups in total. The molecule has 0 aromatic carbocycles. The first kappa shape index (κ1) is 14.5. The first-order valence-corrected chi connectivity index (χ1v) is 6.04. The maximum absolute atomic E-state index is 12.7. The van der Waals surface area contributed by atoms with E-state index in [9.17, 15) is 13.2 Å². The van der Waals surface area contributed by atoms with Gasteiger partial charge in [0.1, 0.15) is 6.04 Å². The Morgan fingerprint density at radius 1 is 1.47 bits per heavy atom. The summed E-state index contributed by atoms with van der Waals surface area (Å²) < 4.78 is 40.1. The molecule has 0 amide bonds. The van der Waals surface area contributed by atoms with Crippen molar-refractivity contribution in [1.82, 2.24) is 15.1 Å². The van der Waals surface area contributed by atoms with Gasteiger partial charge in [-0.05, 0) is 29.4 Å². The van der Waals surface area contributed by atoms with Crippen LogP contribution < -0.4 is 5.32 Å². The summed E-state index contributed by atoms with van der Waals surface area (Å²) in [5.74, 6) is 0. The van der Waals surface area contributed by atoms with E-state index >= 15 is 0 Å². The summed E-state index contributed by atoms with van der Waals surface area (Å²) in [5.41, 5.74) is 1.33. The van der Waals surface area contributed by atoms with Gasteiger partial charge < -0.3 is 5.32 Å². The van der Waals surface area contributed by atoms with E-state index in [1.165, 1.54) is 11.7 Å². The van der Waals surface area contributed by atoms with Gasteiger partial charge in [0.05, 0.1) is 15.9 Å². The number of rotatable bonds is 4. The van der Waals surface area contributed by atoms with E-state index in [0.717, 1.165) is 5.69 Å². The summed E-state index contributed by atoms with van der Waals surface area (Å²) in [6, 6.07) is -1.56. The minimum atomic E-state index is -4.26. The molecule has 7 heteroatoms. The van der Waals surface area contributed by atoms with Crippen molar-refractivity contribution in [2.75, 3.05) is 7.05 Å². The van der Waals surface area contributed by atoms with Crippen LogP contribution in [0.15, 0.2) is 4.47 Å². The van der Waals surface area contributed by atoms with Crippen molar-refractivity contribution < 1.29 is 13.2 Å². The van der Waals surface area contributed by atoms with Crippen molar-refractivity contribution in [3.63, 3.8) is 0 Å². The molecule has 1 rings (SSSR count). The third-order valence-corrected chi connectivity index (χ3v) is 3.56. The van der Waals surface area contributed by atoms with Crippen LogP contribution in [0, 0.1) is 0 Å². The lowest BCUT2D eigenvalue weighted by atomic mass is 10.1. The number of nitrogens with zero attached hydrogens (tertiary/aromatic N) is 2. The van der Waals surface area contributed by atoms with Gasteiger partial charge in [-0.2, -0.15) is 18.3 Å². The standard InChI is InChI=1S/C10H15BrF3N3/c1-4-6-9(11)7(17(3)16-6)5-8(15-2)10(12,13)14/h8,15H,4-5H2,1-3H3. The summed E-state index contributed by atoms with van der Waals surface area (Å²) in [6.07, 6.45) is -3.71. The predicted molar refractivity (Wildman–Crippen MR) is 62.9 cm³/mol. The molecule has 0 aliphatic carbocycles. The molecule has 0 aliphatic heterocycles. The number of aryl methyl sites for hydroxylation is 2. The first-order chi connectivity index (χ1) is 7.81. The van der Waals surface area contributed by atoms with E-state index in [0.29, 0.717) is 16.6 Å². The van der Waals surface area contributed by atoms with Crippen LogP contribution >= 0.6 is 15.9 Å². The molecule has 0 fully saturated rings. The zero-order valence-electron chi connectivity index (χ0n) is 9.90. The van der Waals surface area contributed by atoms with Crippen LogP contribution in [-0.2, 0) is 19.9 Å². The van der Waals surface area contributed by atoms with Gasteiger partial charge in [-0.15, -0.1) is 0 Å². The highest BCUT2D eigenvalue weighted by Crippen LogP contribution is 2.27. The van der Waals surface area contributed by atoms with Gasteiger partial charge in [0.25, 0.3) is 0 Å². The van der Waals surface area contributed by atoms with Crippen molar-refractivity contribution in [3.05, 3.63) is 15.9 Å². The Morgan fingerprint density at radius 2 is 2.06 bits per heavy atom. The van der Waals surface area contributed by atoms with Crippen molar-refractivity contribution in [2.45, 2.75) is 32.0 Å². The fraction of sp³-hybridized carbons (Fsp3) is 0.700. The number of hydrogen-bond acceptors (Lipinski definition) is 2. The molecule has 1 aromatic heterocycles. The van der Waals surface area contributed by atoms with Gasteiger partial charge in [-0.25, -0.2) is 0 Å². The molecular weight excluding hydrogens is 299 g/mol. The molecule has 0 saturated carbocycles. The number of aromatic nitrogens is 2. The van der Waals surface area contributed by atoms with Crippen LogP contribution in [0.4, 0.5) is 13.2 Å². The molecule has 0 aliphatic rings. The van der Waals surface area contributed by atoms with Gasteiger partial charge in [0.15, 0.2) is 0 Å². The van der Waals surface area contributed by atoms with Crippen LogP contribution in [0.25, 0.3) is 0 Å². The lowest BCUT2D eigenvalue weighted by molar-refractivity contribution is -0.154. The molecule has 1 heterocycles. The molecule has 3 nitrogen and oxygen atoms in total. The Hall–Kier alpha value is -0.560. The highest BCUT2D eigenvalue weighted by molar-refractivity contribution is 9.10. The van der Waals surface area contributed by atoms with Gasteiger partial charge in [-0.1, -0.05) is 6.92 Å². The fourth-order valence-corrected chi connectivity index (χ4v) is 2.39. The number of halogens is 4. The molecule has 0 radical (unpaired) electrons. The van der Waals surface area contributed by atoms with E-state index in [4.69, 9.17) is 0 Å². The number of nitrogens with one attached hydrogen (secondary N) is 1. The van der Waals surface area contributed by atoms with Crippen LogP contribution in [0.5, 0.6) is 0 Å². The second-order valence-electron chi connectivity index (χ2n) is 3.77. The third-order valence-electron chi connectivity index (χ3n) is 2.64. The zero-order valence-corrected chi connectivity index (χ0v) is 11.5. The van der Waals surface area contributed by atoms with Gasteiger partial charge in [0, 0.05) is 13.5 Å². The lowest BCUT2D eigenvalue weighted by Crippen LogP contribution is -2.42. The Labute approximate surface area is 107 Å². The Bertz CT molecular complexity index is 387. The molecule has 17 heavy (non-hydrogen) atoms. The predicted octanol–water partition coefficient (Wildman–Crippen LogP) is 2.44. The van der Waals surface area contributed by atoms with E-state index in [-0.39, 0.29) is 6.42 Å². The molecule has 0 saturated heterocycles. The summed E-state index contributed by atoms with van der Waals surface area (Å²) >= 11 is 3.31. The average molecular weight is 314 g/mol. The summed E-state index contributed by atoms with van der Waals surface area (Å²) in [4.78, 5) is 0. The second-order valence-corrected chi connectivity index (χ2v) is 4.56. The highest BCUT2D eigenvalue weighted by atomic mass is 79.9. The van der Waals surface area contributed by atoms with Crippen LogP contribution in [-0.4, -0.2) is 29.0 Å². The summed E-state index contributed by atoms with van der Waals surface area (Å²) in [7, 11) is 2.96. The van der Waals surface area contributed by atoms with Gasteiger partial charge in [-0.3, -0.25) is 4.68 Å². The Morgan fingerprint density at radius 3 is 2.41 bits per heavy atom. The summed E-state index contributed by atoms with van der Waals surface area (Å²) in [5, 5.41) is 6.46. The molecule has 98 valence electrons. The van der Waals surface area contributed by atoms with E-state index in [2.05, 4.69) is 26.3 Å². The number of hydrogen-bond donors (Lipinski definition) is 1. The van der Waals surface area contributed by atoms with E-state index < -0.39 is 12.2 Å². The molecule has 1 unspecified atom stereocenters. The van der Waals surface area contributed by atoms with Crippen LogP contribution in [0.2, 0.25) is 0 Å². The monoisotopic (exact) mass is 313 g/mol. The van der Waals surface area contributed by atoms with Crippen molar-refractivity contribution in [1.29, 1.82) is 0 Å².